The summed E-state index contributed by atoms with van der Waals surface area (Å²) in [5.41, 5.74) is 6.32. The Morgan fingerprint density at radius 1 is 1.45 bits per heavy atom. The van der Waals surface area contributed by atoms with Crippen LogP contribution in [0, 0.1) is 12.3 Å². The van der Waals surface area contributed by atoms with Crippen LogP contribution in [0.25, 0.3) is 0 Å². The molecule has 102 valence electrons. The van der Waals surface area contributed by atoms with Gasteiger partial charge in [-0.15, -0.1) is 6.42 Å². The van der Waals surface area contributed by atoms with Crippen molar-refractivity contribution in [3.05, 3.63) is 30.3 Å². The van der Waals surface area contributed by atoms with E-state index in [1.54, 1.807) is 12.1 Å². The Morgan fingerprint density at radius 3 is 2.75 bits per heavy atom. The van der Waals surface area contributed by atoms with Gasteiger partial charge in [-0.3, -0.25) is 14.6 Å². The molecule has 3 N–H and O–H groups in total. The second kappa shape index (κ2) is 5.89. The number of nitrogens with zero attached hydrogens (tertiary/aromatic N) is 2. The number of benzene rings is 1. The van der Waals surface area contributed by atoms with Gasteiger partial charge in [-0.25, -0.2) is 0 Å². The highest BCUT2D eigenvalue weighted by molar-refractivity contribution is 6.40. The number of hydrogen-bond acceptors (Lipinski definition) is 4. The molecule has 6 nitrogen and oxygen atoms in total. The first kappa shape index (κ1) is 13.6. The molecule has 0 fully saturated rings. The molecule has 1 aromatic rings. The molecule has 0 saturated carbocycles. The fourth-order valence-electron chi connectivity index (χ4n) is 1.92. The maximum Gasteiger partial charge on any atom is 0.268 e. The van der Waals surface area contributed by atoms with Gasteiger partial charge in [0.2, 0.25) is 5.91 Å². The van der Waals surface area contributed by atoms with Crippen LogP contribution in [0.1, 0.15) is 6.42 Å². The highest BCUT2D eigenvalue weighted by Gasteiger charge is 2.34. The molecule has 1 unspecified atom stereocenters. The zero-order chi connectivity index (χ0) is 14.5. The van der Waals surface area contributed by atoms with Crippen LogP contribution in [0.3, 0.4) is 0 Å². The Kier molecular flexibility index (Phi) is 4.01. The van der Waals surface area contributed by atoms with Crippen molar-refractivity contribution in [1.29, 1.82) is 0 Å². The van der Waals surface area contributed by atoms with E-state index in [1.807, 2.05) is 18.2 Å². The molecule has 1 aliphatic rings. The lowest BCUT2D eigenvalue weighted by atomic mass is 10.1. The largest absolute Gasteiger partial charge is 0.368 e. The average molecular weight is 270 g/mol. The van der Waals surface area contributed by atoms with Gasteiger partial charge in [0.15, 0.2) is 0 Å². The van der Waals surface area contributed by atoms with E-state index in [9.17, 15) is 9.59 Å². The Morgan fingerprint density at radius 2 is 2.15 bits per heavy atom. The van der Waals surface area contributed by atoms with Crippen LogP contribution in [-0.2, 0) is 9.59 Å². The monoisotopic (exact) mass is 270 g/mol. The summed E-state index contributed by atoms with van der Waals surface area (Å²) in [4.78, 5) is 23.3. The number of carbonyl (C=O) groups is 2. The molecule has 0 saturated heterocycles. The molecule has 0 aromatic heterocycles. The molecule has 20 heavy (non-hydrogen) atoms. The van der Waals surface area contributed by atoms with Gasteiger partial charge in [-0.1, -0.05) is 24.1 Å². The van der Waals surface area contributed by atoms with Gasteiger partial charge in [0.05, 0.1) is 12.2 Å². The summed E-state index contributed by atoms with van der Waals surface area (Å²) in [5, 5.41) is 8.17. The van der Waals surface area contributed by atoms with Gasteiger partial charge in [-0.05, 0) is 12.1 Å². The average Bonchev–Trinajstić information content (AvgIpc) is 2.91. The molecule has 0 bridgehead atoms. The molecule has 0 spiro atoms. The van der Waals surface area contributed by atoms with E-state index in [-0.39, 0.29) is 24.6 Å². The molecular formula is C14H14N4O2. The Bertz CT molecular complexity index is 589. The van der Waals surface area contributed by atoms with Crippen LogP contribution >= 0.6 is 0 Å². The van der Waals surface area contributed by atoms with E-state index in [4.69, 9.17) is 12.2 Å². The fraction of sp³-hybridized carbons (Fsp3) is 0.214. The summed E-state index contributed by atoms with van der Waals surface area (Å²) in [5.74, 6) is 1.39. The number of rotatable bonds is 4. The van der Waals surface area contributed by atoms with Crippen molar-refractivity contribution in [1.82, 2.24) is 5.32 Å². The lowest BCUT2D eigenvalue weighted by Crippen LogP contribution is -2.39. The van der Waals surface area contributed by atoms with Gasteiger partial charge >= 0.3 is 0 Å². The lowest BCUT2D eigenvalue weighted by molar-refractivity contribution is -0.119. The smallest absolute Gasteiger partial charge is 0.268 e. The number of hydrogen-bond donors (Lipinski definition) is 2. The molecular weight excluding hydrogens is 256 g/mol. The van der Waals surface area contributed by atoms with Crippen molar-refractivity contribution in [2.24, 2.45) is 10.8 Å². The van der Waals surface area contributed by atoms with Crippen LogP contribution in [0.5, 0.6) is 0 Å². The Hall–Kier alpha value is -2.81. The number of nitrogens with one attached hydrogen (secondary N) is 1. The minimum absolute atomic E-state index is 0.116. The van der Waals surface area contributed by atoms with E-state index < -0.39 is 11.9 Å². The highest BCUT2D eigenvalue weighted by Crippen LogP contribution is 2.24. The summed E-state index contributed by atoms with van der Waals surface area (Å²) in [6, 6.07) is 8.41. The summed E-state index contributed by atoms with van der Waals surface area (Å²) in [6.45, 7) is 0.116. The minimum Gasteiger partial charge on any atom is -0.368 e. The van der Waals surface area contributed by atoms with E-state index >= 15 is 0 Å². The standard InChI is InChI=1S/C14H14N4O2/c1-2-8-16-14(20)11-9-12(13(15)19)18(17-11)10-6-4-3-5-7-10/h1,3-7,12H,8-9H2,(H2,15,19)(H,16,20). The third-order valence-electron chi connectivity index (χ3n) is 2.87. The number of anilines is 1. The number of primary amides is 1. The summed E-state index contributed by atoms with van der Waals surface area (Å²) in [7, 11) is 0. The fourth-order valence-corrected chi connectivity index (χ4v) is 1.92. The van der Waals surface area contributed by atoms with E-state index in [2.05, 4.69) is 16.3 Å². The van der Waals surface area contributed by atoms with Crippen LogP contribution in [0.4, 0.5) is 5.69 Å². The van der Waals surface area contributed by atoms with Crippen LogP contribution in [-0.4, -0.2) is 30.1 Å². The molecule has 0 aliphatic carbocycles. The second-order valence-corrected chi connectivity index (χ2v) is 4.24. The number of terminal acetylenes is 1. The predicted octanol–water partition coefficient (Wildman–Crippen LogP) is -0.144. The number of para-hydroxylation sites is 1. The topological polar surface area (TPSA) is 87.8 Å². The van der Waals surface area contributed by atoms with Gasteiger partial charge in [0.25, 0.3) is 5.91 Å². The first-order valence-electron chi connectivity index (χ1n) is 6.06. The normalized spacial score (nSPS) is 17.2. The third-order valence-corrected chi connectivity index (χ3v) is 2.87. The van der Waals surface area contributed by atoms with Crippen LogP contribution in [0.2, 0.25) is 0 Å². The molecule has 1 atom stereocenters. The minimum atomic E-state index is -0.663. The number of amides is 2. The molecule has 1 heterocycles. The van der Waals surface area contributed by atoms with Crippen molar-refractivity contribution in [2.75, 3.05) is 11.6 Å². The number of hydrazone groups is 1. The van der Waals surface area contributed by atoms with Crippen molar-refractivity contribution in [3.63, 3.8) is 0 Å². The van der Waals surface area contributed by atoms with Crippen molar-refractivity contribution in [3.8, 4) is 12.3 Å². The molecule has 2 rings (SSSR count). The predicted molar refractivity (Wildman–Crippen MR) is 75.8 cm³/mol. The summed E-state index contributed by atoms with van der Waals surface area (Å²) >= 11 is 0. The molecule has 1 aliphatic heterocycles. The quantitative estimate of drug-likeness (QED) is 0.746. The van der Waals surface area contributed by atoms with Crippen molar-refractivity contribution >= 4 is 23.2 Å². The third kappa shape index (κ3) is 2.78. The van der Waals surface area contributed by atoms with E-state index in [0.717, 1.165) is 0 Å². The van der Waals surface area contributed by atoms with Gasteiger partial charge in [-0.2, -0.15) is 5.10 Å². The summed E-state index contributed by atoms with van der Waals surface area (Å²) in [6.07, 6.45) is 5.25. The molecule has 1 aromatic carbocycles. The zero-order valence-electron chi connectivity index (χ0n) is 10.7. The van der Waals surface area contributed by atoms with Crippen LogP contribution in [0.15, 0.2) is 35.4 Å². The first-order valence-corrected chi connectivity index (χ1v) is 6.06. The van der Waals surface area contributed by atoms with E-state index in [1.165, 1.54) is 5.01 Å². The van der Waals surface area contributed by atoms with Crippen molar-refractivity contribution < 1.29 is 9.59 Å². The van der Waals surface area contributed by atoms with E-state index in [0.29, 0.717) is 5.69 Å². The number of carbonyl (C=O) groups excluding carboxylic acids is 2. The van der Waals surface area contributed by atoms with Crippen LogP contribution < -0.4 is 16.1 Å². The highest BCUT2D eigenvalue weighted by atomic mass is 16.2. The van der Waals surface area contributed by atoms with Gasteiger partial charge < -0.3 is 11.1 Å². The van der Waals surface area contributed by atoms with Gasteiger partial charge in [0, 0.05) is 6.42 Å². The van der Waals surface area contributed by atoms with Gasteiger partial charge in [0.1, 0.15) is 11.8 Å². The van der Waals surface area contributed by atoms with Crippen molar-refractivity contribution in [2.45, 2.75) is 12.5 Å². The second-order valence-electron chi connectivity index (χ2n) is 4.24. The maximum absolute atomic E-state index is 11.8. The molecule has 2 amide bonds. The molecule has 6 heteroatoms. The number of nitrogens with two attached hydrogens (primary N) is 1. The SMILES string of the molecule is C#CCNC(=O)C1=NN(c2ccccc2)C(C(N)=O)C1. The summed E-state index contributed by atoms with van der Waals surface area (Å²) < 4.78 is 0. The molecule has 0 radical (unpaired) electrons. The Balaban J connectivity index is 2.24. The maximum atomic E-state index is 11.8. The zero-order valence-corrected chi connectivity index (χ0v) is 10.7. The first-order chi connectivity index (χ1) is 9.63. The Labute approximate surface area is 116 Å². The lowest BCUT2D eigenvalue weighted by Gasteiger charge is -2.20.